The molecule has 1 N–H and O–H groups in total. The van der Waals surface area contributed by atoms with E-state index >= 15 is 0 Å². The highest BCUT2D eigenvalue weighted by molar-refractivity contribution is 9.10. The Morgan fingerprint density at radius 2 is 2.45 bits per heavy atom. The van der Waals surface area contributed by atoms with Crippen molar-refractivity contribution in [3.05, 3.63) is 39.0 Å². The minimum atomic E-state index is -0.0235. The zero-order valence-corrected chi connectivity index (χ0v) is 13.6. The third-order valence-electron chi connectivity index (χ3n) is 3.45. The third kappa shape index (κ3) is 2.81. The molecule has 1 aliphatic rings. The summed E-state index contributed by atoms with van der Waals surface area (Å²) in [6.45, 7) is 2.06. The average molecular weight is 354 g/mol. The van der Waals surface area contributed by atoms with Gasteiger partial charge in [-0.3, -0.25) is 4.79 Å². The van der Waals surface area contributed by atoms with E-state index in [1.807, 2.05) is 17.6 Å². The zero-order valence-electron chi connectivity index (χ0n) is 11.2. The fourth-order valence-electron chi connectivity index (χ4n) is 2.26. The molecule has 1 aliphatic carbocycles. The first-order chi connectivity index (χ1) is 9.69. The fraction of sp³-hybridized carbons (Fsp3) is 0.429. The van der Waals surface area contributed by atoms with Crippen LogP contribution in [0, 0.1) is 0 Å². The minimum Gasteiger partial charge on any atom is -0.342 e. The van der Waals surface area contributed by atoms with E-state index in [-0.39, 0.29) is 11.9 Å². The van der Waals surface area contributed by atoms with Gasteiger partial charge < -0.3 is 9.88 Å². The highest BCUT2D eigenvalue weighted by Gasteiger charge is 2.28. The lowest BCUT2D eigenvalue weighted by atomic mass is 10.2. The van der Waals surface area contributed by atoms with Gasteiger partial charge in [0.2, 0.25) is 0 Å². The second kappa shape index (κ2) is 5.69. The topological polar surface area (TPSA) is 46.9 Å². The molecule has 0 spiro atoms. The molecular weight excluding hydrogens is 338 g/mol. The van der Waals surface area contributed by atoms with Gasteiger partial charge in [0, 0.05) is 28.3 Å². The maximum absolute atomic E-state index is 12.5. The Kier molecular flexibility index (Phi) is 3.94. The SMILES string of the molecule is CCC(NC(=O)c1cc(Br)cn1C1CC1)c1nccs1. The van der Waals surface area contributed by atoms with Crippen LogP contribution in [-0.2, 0) is 0 Å². The summed E-state index contributed by atoms with van der Waals surface area (Å²) < 4.78 is 3.03. The molecule has 1 unspecified atom stereocenters. The molecule has 6 heteroatoms. The van der Waals surface area contributed by atoms with E-state index in [2.05, 4.69) is 37.7 Å². The van der Waals surface area contributed by atoms with Crippen LogP contribution < -0.4 is 5.32 Å². The Balaban J connectivity index is 1.78. The maximum Gasteiger partial charge on any atom is 0.268 e. The summed E-state index contributed by atoms with van der Waals surface area (Å²) in [6, 6.07) is 2.37. The van der Waals surface area contributed by atoms with Gasteiger partial charge in [-0.15, -0.1) is 11.3 Å². The highest BCUT2D eigenvalue weighted by Crippen LogP contribution is 2.37. The second-order valence-electron chi connectivity index (χ2n) is 4.99. The zero-order chi connectivity index (χ0) is 14.1. The van der Waals surface area contributed by atoms with E-state index in [1.165, 1.54) is 0 Å². The Labute approximate surface area is 130 Å². The Morgan fingerprint density at radius 3 is 3.05 bits per heavy atom. The standard InChI is InChI=1S/C14H16BrN3OS/c1-2-11(14-16-5-6-20-14)17-13(19)12-7-9(15)8-18(12)10-3-4-10/h5-8,10-11H,2-4H2,1H3,(H,17,19). The molecule has 2 aromatic heterocycles. The lowest BCUT2D eigenvalue weighted by molar-refractivity contribution is 0.0926. The van der Waals surface area contributed by atoms with E-state index < -0.39 is 0 Å². The number of nitrogens with zero attached hydrogens (tertiary/aromatic N) is 2. The first-order valence-electron chi connectivity index (χ1n) is 6.76. The summed E-state index contributed by atoms with van der Waals surface area (Å²) in [4.78, 5) is 16.8. The summed E-state index contributed by atoms with van der Waals surface area (Å²) >= 11 is 5.04. The molecule has 0 aliphatic heterocycles. The number of carbonyl (C=O) groups is 1. The first kappa shape index (κ1) is 13.8. The van der Waals surface area contributed by atoms with Crippen LogP contribution in [0.2, 0.25) is 0 Å². The molecular formula is C14H16BrN3OS. The third-order valence-corrected chi connectivity index (χ3v) is 4.77. The van der Waals surface area contributed by atoms with Crippen LogP contribution in [0.15, 0.2) is 28.3 Å². The predicted molar refractivity (Wildman–Crippen MR) is 83.0 cm³/mol. The number of thiazole rings is 1. The normalized spacial score (nSPS) is 16.1. The van der Waals surface area contributed by atoms with Crippen LogP contribution in [0.3, 0.4) is 0 Å². The molecule has 3 rings (SSSR count). The van der Waals surface area contributed by atoms with Gasteiger partial charge in [-0.2, -0.15) is 0 Å². The number of hydrogen-bond donors (Lipinski definition) is 1. The van der Waals surface area contributed by atoms with E-state index in [4.69, 9.17) is 0 Å². The number of rotatable bonds is 5. The summed E-state index contributed by atoms with van der Waals surface area (Å²) in [7, 11) is 0. The van der Waals surface area contributed by atoms with Crippen molar-refractivity contribution < 1.29 is 4.79 Å². The number of aromatic nitrogens is 2. The van der Waals surface area contributed by atoms with Crippen LogP contribution in [-0.4, -0.2) is 15.5 Å². The lowest BCUT2D eigenvalue weighted by Gasteiger charge is -2.15. The summed E-state index contributed by atoms with van der Waals surface area (Å²) in [5, 5.41) is 5.99. The van der Waals surface area contributed by atoms with Gasteiger partial charge in [-0.25, -0.2) is 4.98 Å². The van der Waals surface area contributed by atoms with Gasteiger partial charge in [-0.05, 0) is 41.3 Å². The van der Waals surface area contributed by atoms with Gasteiger partial charge in [0.25, 0.3) is 5.91 Å². The molecule has 1 amide bonds. The van der Waals surface area contributed by atoms with Gasteiger partial charge in [0.1, 0.15) is 10.7 Å². The summed E-state index contributed by atoms with van der Waals surface area (Å²) in [6.07, 6.45) is 6.93. The fourth-order valence-corrected chi connectivity index (χ4v) is 3.47. The van der Waals surface area contributed by atoms with Crippen LogP contribution >= 0.6 is 27.3 Å². The number of halogens is 1. The van der Waals surface area contributed by atoms with E-state index in [0.717, 1.165) is 34.4 Å². The van der Waals surface area contributed by atoms with E-state index in [0.29, 0.717) is 6.04 Å². The van der Waals surface area contributed by atoms with Crippen LogP contribution in [0.25, 0.3) is 0 Å². The number of hydrogen-bond acceptors (Lipinski definition) is 3. The van der Waals surface area contributed by atoms with Crippen molar-refractivity contribution in [3.63, 3.8) is 0 Å². The molecule has 106 valence electrons. The second-order valence-corrected chi connectivity index (χ2v) is 6.83. The molecule has 2 heterocycles. The van der Waals surface area contributed by atoms with Gasteiger partial charge in [0.15, 0.2) is 0 Å². The minimum absolute atomic E-state index is 0.0103. The average Bonchev–Trinajstić information content (AvgIpc) is 2.99. The summed E-state index contributed by atoms with van der Waals surface area (Å²) in [5.41, 5.74) is 0.731. The molecule has 1 saturated carbocycles. The van der Waals surface area contributed by atoms with Crippen LogP contribution in [0.5, 0.6) is 0 Å². The van der Waals surface area contributed by atoms with Crippen molar-refractivity contribution in [3.8, 4) is 0 Å². The first-order valence-corrected chi connectivity index (χ1v) is 8.44. The molecule has 0 saturated heterocycles. The quantitative estimate of drug-likeness (QED) is 0.885. The molecule has 1 fully saturated rings. The van der Waals surface area contributed by atoms with E-state index in [1.54, 1.807) is 17.5 Å². The number of carbonyl (C=O) groups excluding carboxylic acids is 1. The number of nitrogens with one attached hydrogen (secondary N) is 1. The molecule has 20 heavy (non-hydrogen) atoms. The molecule has 0 radical (unpaired) electrons. The van der Waals surface area contributed by atoms with Crippen molar-refractivity contribution in [2.45, 2.75) is 38.3 Å². The highest BCUT2D eigenvalue weighted by atomic mass is 79.9. The van der Waals surface area contributed by atoms with Crippen molar-refractivity contribution in [1.82, 2.24) is 14.9 Å². The van der Waals surface area contributed by atoms with Crippen molar-refractivity contribution in [2.24, 2.45) is 0 Å². The molecule has 2 aromatic rings. The molecule has 0 bridgehead atoms. The number of amides is 1. The van der Waals surface area contributed by atoms with E-state index in [9.17, 15) is 4.79 Å². The van der Waals surface area contributed by atoms with Crippen LogP contribution in [0.1, 0.15) is 53.8 Å². The Morgan fingerprint density at radius 1 is 1.65 bits per heavy atom. The largest absolute Gasteiger partial charge is 0.342 e. The van der Waals surface area contributed by atoms with Gasteiger partial charge in [0.05, 0.1) is 6.04 Å². The lowest BCUT2D eigenvalue weighted by Crippen LogP contribution is -2.29. The molecule has 4 nitrogen and oxygen atoms in total. The van der Waals surface area contributed by atoms with Crippen molar-refractivity contribution in [2.75, 3.05) is 0 Å². The monoisotopic (exact) mass is 353 g/mol. The predicted octanol–water partition coefficient (Wildman–Crippen LogP) is 3.92. The summed E-state index contributed by atoms with van der Waals surface area (Å²) in [5.74, 6) is -0.0235. The smallest absolute Gasteiger partial charge is 0.268 e. The van der Waals surface area contributed by atoms with Gasteiger partial charge in [-0.1, -0.05) is 6.92 Å². The van der Waals surface area contributed by atoms with Crippen LogP contribution in [0.4, 0.5) is 0 Å². The molecule has 0 aromatic carbocycles. The van der Waals surface area contributed by atoms with Crippen molar-refractivity contribution in [1.29, 1.82) is 0 Å². The molecule has 1 atom stereocenters. The Hall–Kier alpha value is -1.14. The van der Waals surface area contributed by atoms with Crippen molar-refractivity contribution >= 4 is 33.2 Å². The maximum atomic E-state index is 12.5. The Bertz CT molecular complexity index is 604. The van der Waals surface area contributed by atoms with Gasteiger partial charge >= 0.3 is 0 Å².